The molecule has 2 N–H and O–H groups in total. The molecule has 1 amide bonds. The minimum absolute atomic E-state index is 0.0342. The van der Waals surface area contributed by atoms with Gasteiger partial charge in [0, 0.05) is 30.4 Å². The smallest absolute Gasteiger partial charge is 0.253 e. The van der Waals surface area contributed by atoms with E-state index in [1.165, 1.54) is 0 Å². The molecule has 1 aromatic heterocycles. The first-order valence-electron chi connectivity index (χ1n) is 7.16. The Morgan fingerprint density at radius 2 is 2.00 bits per heavy atom. The standard InChI is InChI=1S/C17H22N2O2/c1-16(2)15(17(16,3)4)19-14(21)13-9-12(10-18-11-13)7-5-6-8-20/h9-11,15,20H,6,8H2,1-4H3,(H,19,21). The number of nitrogens with one attached hydrogen (secondary N) is 1. The summed E-state index contributed by atoms with van der Waals surface area (Å²) in [4.78, 5) is 16.4. The van der Waals surface area contributed by atoms with Crippen LogP contribution in [0.1, 0.15) is 50.0 Å². The Labute approximate surface area is 126 Å². The van der Waals surface area contributed by atoms with E-state index in [1.807, 2.05) is 0 Å². The van der Waals surface area contributed by atoms with Gasteiger partial charge in [-0.05, 0) is 16.9 Å². The molecule has 1 fully saturated rings. The summed E-state index contributed by atoms with van der Waals surface area (Å²) in [5.41, 5.74) is 1.42. The van der Waals surface area contributed by atoms with Gasteiger partial charge in [-0.1, -0.05) is 39.5 Å². The predicted molar refractivity (Wildman–Crippen MR) is 81.6 cm³/mol. The number of carbonyl (C=O) groups excluding carboxylic acids is 1. The molecule has 0 spiro atoms. The van der Waals surface area contributed by atoms with E-state index in [0.717, 1.165) is 0 Å². The zero-order chi connectivity index (χ0) is 15.7. The number of aliphatic hydroxyl groups is 1. The van der Waals surface area contributed by atoms with Crippen LogP contribution in [0.3, 0.4) is 0 Å². The molecule has 1 aliphatic rings. The summed E-state index contributed by atoms with van der Waals surface area (Å²) in [7, 11) is 0. The van der Waals surface area contributed by atoms with Crippen LogP contribution in [0, 0.1) is 22.7 Å². The molecule has 1 saturated carbocycles. The van der Waals surface area contributed by atoms with Gasteiger partial charge in [0.05, 0.1) is 12.2 Å². The zero-order valence-electron chi connectivity index (χ0n) is 13.0. The van der Waals surface area contributed by atoms with Gasteiger partial charge in [-0.2, -0.15) is 0 Å². The van der Waals surface area contributed by atoms with Crippen molar-refractivity contribution in [1.82, 2.24) is 10.3 Å². The highest BCUT2D eigenvalue weighted by molar-refractivity contribution is 5.94. The Kier molecular flexibility index (Phi) is 4.06. The number of hydrogen-bond donors (Lipinski definition) is 2. The first-order chi connectivity index (χ1) is 9.80. The van der Waals surface area contributed by atoms with Crippen LogP contribution < -0.4 is 5.32 Å². The SMILES string of the molecule is CC1(C)C(NC(=O)c2cncc(C#CCCO)c2)C1(C)C. The van der Waals surface area contributed by atoms with E-state index in [-0.39, 0.29) is 29.4 Å². The van der Waals surface area contributed by atoms with Gasteiger partial charge in [-0.25, -0.2) is 0 Å². The first kappa shape index (κ1) is 15.5. The average molecular weight is 286 g/mol. The molecule has 0 aliphatic heterocycles. The fourth-order valence-corrected chi connectivity index (χ4v) is 2.62. The van der Waals surface area contributed by atoms with Crippen LogP contribution in [-0.2, 0) is 0 Å². The second kappa shape index (κ2) is 5.50. The molecule has 0 radical (unpaired) electrons. The van der Waals surface area contributed by atoms with Crippen molar-refractivity contribution in [3.05, 3.63) is 29.6 Å². The summed E-state index contributed by atoms with van der Waals surface area (Å²) in [6.45, 7) is 8.67. The Morgan fingerprint density at radius 1 is 1.33 bits per heavy atom. The summed E-state index contributed by atoms with van der Waals surface area (Å²) < 4.78 is 0. The number of nitrogens with zero attached hydrogens (tertiary/aromatic N) is 1. The fourth-order valence-electron chi connectivity index (χ4n) is 2.62. The lowest BCUT2D eigenvalue weighted by atomic mass is 10.0. The van der Waals surface area contributed by atoms with Crippen molar-refractivity contribution in [3.63, 3.8) is 0 Å². The van der Waals surface area contributed by atoms with Crippen molar-refractivity contribution in [1.29, 1.82) is 0 Å². The van der Waals surface area contributed by atoms with Gasteiger partial charge in [0.25, 0.3) is 5.91 Å². The van der Waals surface area contributed by atoms with Gasteiger partial charge >= 0.3 is 0 Å². The van der Waals surface area contributed by atoms with Crippen LogP contribution in [0.4, 0.5) is 0 Å². The molecule has 0 saturated heterocycles. The molecule has 0 unspecified atom stereocenters. The summed E-state index contributed by atoms with van der Waals surface area (Å²) in [6, 6.07) is 1.90. The Hall–Kier alpha value is -1.86. The molecule has 0 atom stereocenters. The summed E-state index contributed by atoms with van der Waals surface area (Å²) in [5, 5.41) is 11.8. The molecule has 21 heavy (non-hydrogen) atoms. The Bertz CT molecular complexity index is 595. The Balaban J connectivity index is 2.08. The van der Waals surface area contributed by atoms with E-state index in [0.29, 0.717) is 17.5 Å². The van der Waals surface area contributed by atoms with Crippen molar-refractivity contribution < 1.29 is 9.90 Å². The van der Waals surface area contributed by atoms with Crippen molar-refractivity contribution in [2.45, 2.75) is 40.2 Å². The zero-order valence-corrected chi connectivity index (χ0v) is 13.0. The minimum Gasteiger partial charge on any atom is -0.395 e. The second-order valence-corrected chi connectivity index (χ2v) is 6.59. The van der Waals surface area contributed by atoms with Gasteiger partial charge in [0.1, 0.15) is 0 Å². The molecule has 4 heteroatoms. The molecule has 4 nitrogen and oxygen atoms in total. The largest absolute Gasteiger partial charge is 0.395 e. The van der Waals surface area contributed by atoms with Crippen molar-refractivity contribution in [3.8, 4) is 11.8 Å². The van der Waals surface area contributed by atoms with E-state index in [4.69, 9.17) is 5.11 Å². The number of aliphatic hydroxyl groups excluding tert-OH is 1. The number of pyridine rings is 1. The number of amides is 1. The number of rotatable bonds is 3. The van der Waals surface area contributed by atoms with E-state index in [2.05, 4.69) is 49.8 Å². The Morgan fingerprint density at radius 3 is 2.57 bits per heavy atom. The van der Waals surface area contributed by atoms with Crippen LogP contribution >= 0.6 is 0 Å². The lowest BCUT2D eigenvalue weighted by Crippen LogP contribution is -2.29. The summed E-state index contributed by atoms with van der Waals surface area (Å²) in [6.07, 6.45) is 3.59. The number of hydrogen-bond acceptors (Lipinski definition) is 3. The van der Waals surface area contributed by atoms with Gasteiger partial charge in [0.2, 0.25) is 0 Å². The highest BCUT2D eigenvalue weighted by Gasteiger charge is 2.65. The highest BCUT2D eigenvalue weighted by Crippen LogP contribution is 2.62. The minimum atomic E-state index is -0.114. The third kappa shape index (κ3) is 2.93. The van der Waals surface area contributed by atoms with Crippen LogP contribution in [0.25, 0.3) is 0 Å². The van der Waals surface area contributed by atoms with Crippen LogP contribution in [0.2, 0.25) is 0 Å². The number of carbonyl (C=O) groups is 1. The quantitative estimate of drug-likeness (QED) is 0.835. The van der Waals surface area contributed by atoms with Gasteiger partial charge < -0.3 is 10.4 Å². The molecule has 112 valence electrons. The molecular formula is C17H22N2O2. The fraction of sp³-hybridized carbons (Fsp3) is 0.529. The lowest BCUT2D eigenvalue weighted by Gasteiger charge is -2.06. The number of aromatic nitrogens is 1. The molecule has 2 rings (SSSR count). The summed E-state index contributed by atoms with van der Waals surface area (Å²) >= 11 is 0. The predicted octanol–water partition coefficient (Wildman–Crippen LogP) is 1.98. The molecule has 0 aromatic carbocycles. The molecule has 0 bridgehead atoms. The molecular weight excluding hydrogens is 264 g/mol. The van der Waals surface area contributed by atoms with E-state index < -0.39 is 0 Å². The van der Waals surface area contributed by atoms with Crippen LogP contribution in [0.5, 0.6) is 0 Å². The summed E-state index contributed by atoms with van der Waals surface area (Å²) in [5.74, 6) is 5.60. The van der Waals surface area contributed by atoms with E-state index in [9.17, 15) is 4.79 Å². The lowest BCUT2D eigenvalue weighted by molar-refractivity contribution is 0.0943. The second-order valence-electron chi connectivity index (χ2n) is 6.59. The monoisotopic (exact) mass is 286 g/mol. The first-order valence-corrected chi connectivity index (χ1v) is 7.16. The van der Waals surface area contributed by atoms with E-state index >= 15 is 0 Å². The van der Waals surface area contributed by atoms with Crippen molar-refractivity contribution >= 4 is 5.91 Å². The molecule has 1 aromatic rings. The molecule has 1 aliphatic carbocycles. The van der Waals surface area contributed by atoms with Crippen LogP contribution in [0.15, 0.2) is 18.5 Å². The third-order valence-electron chi connectivity index (χ3n) is 4.77. The average Bonchev–Trinajstić information content (AvgIpc) is 2.82. The highest BCUT2D eigenvalue weighted by atomic mass is 16.2. The normalized spacial score (nSPS) is 18.5. The van der Waals surface area contributed by atoms with Gasteiger partial charge in [0.15, 0.2) is 0 Å². The van der Waals surface area contributed by atoms with Crippen LogP contribution in [-0.4, -0.2) is 28.6 Å². The maximum atomic E-state index is 12.3. The van der Waals surface area contributed by atoms with Gasteiger partial charge in [-0.3, -0.25) is 9.78 Å². The maximum Gasteiger partial charge on any atom is 0.253 e. The van der Waals surface area contributed by atoms with Crippen molar-refractivity contribution in [2.24, 2.45) is 10.8 Å². The maximum absolute atomic E-state index is 12.3. The van der Waals surface area contributed by atoms with Gasteiger partial charge in [-0.15, -0.1) is 0 Å². The topological polar surface area (TPSA) is 62.2 Å². The van der Waals surface area contributed by atoms with E-state index in [1.54, 1.807) is 18.5 Å². The molecule has 1 heterocycles. The van der Waals surface area contributed by atoms with Crippen molar-refractivity contribution in [2.75, 3.05) is 6.61 Å². The third-order valence-corrected chi connectivity index (χ3v) is 4.77.